The number of hydrogen-bond acceptors (Lipinski definition) is 2. The average Bonchev–Trinajstić information content (AvgIpc) is 2.55. The number of hydrogen-bond donors (Lipinski definition) is 1. The molecule has 3 rings (SSSR count). The van der Waals surface area contributed by atoms with Crippen molar-refractivity contribution in [1.29, 1.82) is 0 Å². The number of benzene rings is 2. The van der Waals surface area contributed by atoms with Crippen molar-refractivity contribution in [2.45, 2.75) is 31.3 Å². The SMILES string of the molecule is COCc1cccc(C(=O)NCC2(c3ccccc3)CCC2)c1. The normalized spacial score (nSPS) is 15.7. The van der Waals surface area contributed by atoms with E-state index in [0.29, 0.717) is 18.7 Å². The van der Waals surface area contributed by atoms with Crippen LogP contribution in [0.5, 0.6) is 0 Å². The molecule has 2 aromatic rings. The van der Waals surface area contributed by atoms with Gasteiger partial charge in [0.2, 0.25) is 0 Å². The summed E-state index contributed by atoms with van der Waals surface area (Å²) >= 11 is 0. The van der Waals surface area contributed by atoms with E-state index in [0.717, 1.165) is 18.4 Å². The van der Waals surface area contributed by atoms with Gasteiger partial charge in [-0.3, -0.25) is 4.79 Å². The Balaban J connectivity index is 1.67. The molecule has 1 amide bonds. The first kappa shape index (κ1) is 15.8. The largest absolute Gasteiger partial charge is 0.380 e. The van der Waals surface area contributed by atoms with Crippen LogP contribution in [-0.2, 0) is 16.8 Å². The van der Waals surface area contributed by atoms with E-state index in [9.17, 15) is 4.79 Å². The molecular formula is C20H23NO2. The van der Waals surface area contributed by atoms with Crippen molar-refractivity contribution >= 4 is 5.91 Å². The van der Waals surface area contributed by atoms with Gasteiger partial charge in [-0.25, -0.2) is 0 Å². The van der Waals surface area contributed by atoms with E-state index in [1.165, 1.54) is 12.0 Å². The smallest absolute Gasteiger partial charge is 0.251 e. The predicted molar refractivity (Wildman–Crippen MR) is 91.5 cm³/mol. The molecule has 3 nitrogen and oxygen atoms in total. The van der Waals surface area contributed by atoms with Crippen LogP contribution < -0.4 is 5.32 Å². The molecule has 1 fully saturated rings. The molecule has 0 atom stereocenters. The minimum absolute atomic E-state index is 0.00911. The number of amides is 1. The Bertz CT molecular complexity index is 662. The zero-order valence-corrected chi connectivity index (χ0v) is 13.5. The minimum Gasteiger partial charge on any atom is -0.380 e. The van der Waals surface area contributed by atoms with Crippen LogP contribution in [0.15, 0.2) is 54.6 Å². The zero-order chi connectivity index (χ0) is 16.1. The molecule has 0 bridgehead atoms. The third-order valence-corrected chi connectivity index (χ3v) is 4.78. The van der Waals surface area contributed by atoms with E-state index in [1.54, 1.807) is 7.11 Å². The molecule has 0 aromatic heterocycles. The van der Waals surface area contributed by atoms with E-state index in [4.69, 9.17) is 4.74 Å². The molecule has 2 aromatic carbocycles. The molecule has 1 aliphatic rings. The lowest BCUT2D eigenvalue weighted by molar-refractivity contribution is 0.0927. The summed E-state index contributed by atoms with van der Waals surface area (Å²) in [4.78, 5) is 12.5. The molecule has 120 valence electrons. The third kappa shape index (κ3) is 3.45. The lowest BCUT2D eigenvalue weighted by Crippen LogP contribution is -2.45. The number of ether oxygens (including phenoxy) is 1. The number of carbonyl (C=O) groups excluding carboxylic acids is 1. The molecule has 0 unspecified atom stereocenters. The van der Waals surface area contributed by atoms with Crippen LogP contribution in [0.3, 0.4) is 0 Å². The van der Waals surface area contributed by atoms with Gasteiger partial charge < -0.3 is 10.1 Å². The summed E-state index contributed by atoms with van der Waals surface area (Å²) in [5, 5.41) is 3.13. The molecular weight excluding hydrogens is 286 g/mol. The fourth-order valence-corrected chi connectivity index (χ4v) is 3.28. The monoisotopic (exact) mass is 309 g/mol. The van der Waals surface area contributed by atoms with Gasteiger partial charge in [-0.05, 0) is 36.1 Å². The molecule has 0 aliphatic heterocycles. The number of rotatable bonds is 6. The van der Waals surface area contributed by atoms with E-state index in [-0.39, 0.29) is 11.3 Å². The molecule has 23 heavy (non-hydrogen) atoms. The Morgan fingerprint density at radius 3 is 2.57 bits per heavy atom. The van der Waals surface area contributed by atoms with Crippen LogP contribution >= 0.6 is 0 Å². The van der Waals surface area contributed by atoms with Crippen molar-refractivity contribution in [2.75, 3.05) is 13.7 Å². The fourth-order valence-electron chi connectivity index (χ4n) is 3.28. The van der Waals surface area contributed by atoms with Gasteiger partial charge in [-0.1, -0.05) is 48.9 Å². The molecule has 1 N–H and O–H groups in total. The van der Waals surface area contributed by atoms with Gasteiger partial charge in [0.15, 0.2) is 0 Å². The summed E-state index contributed by atoms with van der Waals surface area (Å²) in [6, 6.07) is 18.2. The summed E-state index contributed by atoms with van der Waals surface area (Å²) in [5.41, 5.74) is 3.16. The second-order valence-electron chi connectivity index (χ2n) is 6.32. The summed E-state index contributed by atoms with van der Waals surface area (Å²) < 4.78 is 5.13. The van der Waals surface area contributed by atoms with Crippen molar-refractivity contribution in [3.05, 3.63) is 71.3 Å². The highest BCUT2D eigenvalue weighted by Crippen LogP contribution is 2.43. The van der Waals surface area contributed by atoms with Crippen LogP contribution in [0.1, 0.15) is 40.7 Å². The van der Waals surface area contributed by atoms with E-state index in [2.05, 4.69) is 29.6 Å². The minimum atomic E-state index is -0.00911. The maximum atomic E-state index is 12.5. The van der Waals surface area contributed by atoms with Gasteiger partial charge in [-0.2, -0.15) is 0 Å². The Kier molecular flexibility index (Phi) is 4.77. The quantitative estimate of drug-likeness (QED) is 0.884. The molecule has 0 spiro atoms. The van der Waals surface area contributed by atoms with Crippen molar-refractivity contribution in [2.24, 2.45) is 0 Å². The van der Waals surface area contributed by atoms with Gasteiger partial charge in [0.05, 0.1) is 6.61 Å². The van der Waals surface area contributed by atoms with E-state index in [1.807, 2.05) is 30.3 Å². The lowest BCUT2D eigenvalue weighted by Gasteiger charge is -2.42. The highest BCUT2D eigenvalue weighted by Gasteiger charge is 2.38. The second-order valence-corrected chi connectivity index (χ2v) is 6.32. The summed E-state index contributed by atoms with van der Waals surface area (Å²) in [7, 11) is 1.66. The highest BCUT2D eigenvalue weighted by atomic mass is 16.5. The molecule has 0 saturated heterocycles. The van der Waals surface area contributed by atoms with Crippen LogP contribution in [0.25, 0.3) is 0 Å². The highest BCUT2D eigenvalue weighted by molar-refractivity contribution is 5.94. The first-order valence-corrected chi connectivity index (χ1v) is 8.15. The standard InChI is InChI=1S/C20H23NO2/c1-23-14-16-7-5-8-17(13-16)19(22)21-15-20(11-6-12-20)18-9-3-2-4-10-18/h2-5,7-10,13H,6,11-12,14-15H2,1H3,(H,21,22). The second kappa shape index (κ2) is 6.97. The maximum absolute atomic E-state index is 12.5. The average molecular weight is 309 g/mol. The summed E-state index contributed by atoms with van der Waals surface area (Å²) in [6.07, 6.45) is 3.51. The van der Waals surface area contributed by atoms with Crippen LogP contribution in [0.4, 0.5) is 0 Å². The van der Waals surface area contributed by atoms with Crippen molar-refractivity contribution in [3.8, 4) is 0 Å². The molecule has 1 aliphatic carbocycles. The van der Waals surface area contributed by atoms with Crippen molar-refractivity contribution in [1.82, 2.24) is 5.32 Å². The summed E-state index contributed by atoms with van der Waals surface area (Å²) in [6.45, 7) is 1.22. The molecule has 0 radical (unpaired) electrons. The number of carbonyl (C=O) groups is 1. The van der Waals surface area contributed by atoms with Crippen LogP contribution in [0, 0.1) is 0 Å². The van der Waals surface area contributed by atoms with Crippen molar-refractivity contribution < 1.29 is 9.53 Å². The van der Waals surface area contributed by atoms with Gasteiger partial charge >= 0.3 is 0 Å². The molecule has 0 heterocycles. The third-order valence-electron chi connectivity index (χ3n) is 4.78. The number of nitrogens with one attached hydrogen (secondary N) is 1. The first-order valence-electron chi connectivity index (χ1n) is 8.15. The number of methoxy groups -OCH3 is 1. The van der Waals surface area contributed by atoms with Gasteiger partial charge in [0, 0.05) is 24.6 Å². The van der Waals surface area contributed by atoms with Gasteiger partial charge in [0.25, 0.3) is 5.91 Å². The predicted octanol–water partition coefficient (Wildman–Crippen LogP) is 3.68. The van der Waals surface area contributed by atoms with Gasteiger partial charge in [0.1, 0.15) is 0 Å². The molecule has 3 heteroatoms. The Labute approximate surface area is 137 Å². The fraction of sp³-hybridized carbons (Fsp3) is 0.350. The van der Waals surface area contributed by atoms with Crippen LogP contribution in [0.2, 0.25) is 0 Å². The van der Waals surface area contributed by atoms with Crippen molar-refractivity contribution in [3.63, 3.8) is 0 Å². The first-order chi connectivity index (χ1) is 11.2. The summed E-state index contributed by atoms with van der Waals surface area (Å²) in [5.74, 6) is -0.00911. The Morgan fingerprint density at radius 1 is 1.13 bits per heavy atom. The van der Waals surface area contributed by atoms with E-state index >= 15 is 0 Å². The Hall–Kier alpha value is -2.13. The zero-order valence-electron chi connectivity index (χ0n) is 13.5. The maximum Gasteiger partial charge on any atom is 0.251 e. The lowest BCUT2D eigenvalue weighted by atomic mass is 9.64. The van der Waals surface area contributed by atoms with Gasteiger partial charge in [-0.15, -0.1) is 0 Å². The molecule has 1 saturated carbocycles. The topological polar surface area (TPSA) is 38.3 Å². The van der Waals surface area contributed by atoms with E-state index < -0.39 is 0 Å². The Morgan fingerprint density at radius 2 is 1.91 bits per heavy atom. The van der Waals surface area contributed by atoms with Crippen LogP contribution in [-0.4, -0.2) is 19.6 Å².